The molecule has 3 heterocycles. The molecule has 12 nitrogen and oxygen atoms in total. The zero-order valence-electron chi connectivity index (χ0n) is 20.2. The van der Waals surface area contributed by atoms with Gasteiger partial charge in [-0.05, 0) is 36.8 Å². The van der Waals surface area contributed by atoms with E-state index in [0.717, 1.165) is 4.57 Å². The number of furan rings is 1. The molecular weight excluding hydrogens is 504 g/mol. The smallest absolute Gasteiger partial charge is 0.339 e. The Hall–Kier alpha value is -4.45. The van der Waals surface area contributed by atoms with E-state index in [0.29, 0.717) is 30.1 Å². The normalized spacial score (nSPS) is 11.4. The molecule has 192 valence electrons. The maximum Gasteiger partial charge on any atom is 0.339 e. The maximum atomic E-state index is 12.4. The summed E-state index contributed by atoms with van der Waals surface area (Å²) in [6, 6.07) is 8.20. The summed E-state index contributed by atoms with van der Waals surface area (Å²) in [5, 5.41) is 4.16. The molecule has 0 saturated heterocycles. The van der Waals surface area contributed by atoms with Crippen LogP contribution in [0.5, 0.6) is 0 Å². The SMILES string of the molecule is CCCOC(=O)c1cc(-c2ccc(/C=N\NC(=O)Cn3cnc4c(=O)n(C)c(=O)n(C)c43)o2)ccc1Cl. The number of fused-ring (bicyclic) bond motifs is 1. The molecular formula is C24H23ClN6O6. The second-order valence-corrected chi connectivity index (χ2v) is 8.48. The van der Waals surface area contributed by atoms with Gasteiger partial charge in [-0.2, -0.15) is 5.10 Å². The summed E-state index contributed by atoms with van der Waals surface area (Å²) in [6.07, 6.45) is 3.32. The molecule has 0 unspecified atom stereocenters. The first kappa shape index (κ1) is 25.6. The minimum absolute atomic E-state index is 0.0769. The number of hydrogen-bond donors (Lipinski definition) is 1. The third kappa shape index (κ3) is 5.23. The first-order valence-corrected chi connectivity index (χ1v) is 11.6. The van der Waals surface area contributed by atoms with Gasteiger partial charge in [0.25, 0.3) is 11.5 Å². The second kappa shape index (κ2) is 10.7. The lowest BCUT2D eigenvalue weighted by molar-refractivity contribution is -0.121. The van der Waals surface area contributed by atoms with Gasteiger partial charge in [0.05, 0.1) is 29.7 Å². The Morgan fingerprint density at radius 2 is 1.97 bits per heavy atom. The van der Waals surface area contributed by atoms with Gasteiger partial charge in [0.1, 0.15) is 23.7 Å². The van der Waals surface area contributed by atoms with Gasteiger partial charge in [-0.25, -0.2) is 20.0 Å². The number of esters is 1. The molecule has 0 aliphatic carbocycles. The molecule has 0 radical (unpaired) electrons. The Labute approximate surface area is 214 Å². The largest absolute Gasteiger partial charge is 0.462 e. The van der Waals surface area contributed by atoms with Crippen LogP contribution >= 0.6 is 11.6 Å². The van der Waals surface area contributed by atoms with Crippen molar-refractivity contribution in [2.45, 2.75) is 19.9 Å². The van der Waals surface area contributed by atoms with Crippen molar-refractivity contribution in [1.29, 1.82) is 0 Å². The average Bonchev–Trinajstić information content (AvgIpc) is 3.52. The number of ether oxygens (including phenoxy) is 1. The predicted octanol–water partition coefficient (Wildman–Crippen LogP) is 2.06. The molecule has 0 bridgehead atoms. The summed E-state index contributed by atoms with van der Waals surface area (Å²) >= 11 is 6.14. The Balaban J connectivity index is 1.44. The van der Waals surface area contributed by atoms with E-state index in [4.69, 9.17) is 20.8 Å². The van der Waals surface area contributed by atoms with Crippen molar-refractivity contribution in [3.05, 3.63) is 73.8 Å². The molecule has 4 aromatic rings. The van der Waals surface area contributed by atoms with Crippen LogP contribution in [-0.4, -0.2) is 43.4 Å². The Morgan fingerprint density at radius 3 is 2.73 bits per heavy atom. The number of nitrogens with zero attached hydrogens (tertiary/aromatic N) is 5. The van der Waals surface area contributed by atoms with Gasteiger partial charge < -0.3 is 13.7 Å². The van der Waals surface area contributed by atoms with Gasteiger partial charge in [0.15, 0.2) is 5.52 Å². The molecule has 0 atom stereocenters. The van der Waals surface area contributed by atoms with Crippen molar-refractivity contribution in [1.82, 2.24) is 24.1 Å². The number of aromatic nitrogens is 4. The van der Waals surface area contributed by atoms with Gasteiger partial charge in [-0.15, -0.1) is 0 Å². The fraction of sp³-hybridized carbons (Fsp3) is 0.250. The highest BCUT2D eigenvalue weighted by atomic mass is 35.5. The Kier molecular flexibility index (Phi) is 7.39. The van der Waals surface area contributed by atoms with E-state index < -0.39 is 23.1 Å². The number of imidazole rings is 1. The van der Waals surface area contributed by atoms with Gasteiger partial charge in [0.2, 0.25) is 0 Å². The predicted molar refractivity (Wildman–Crippen MR) is 136 cm³/mol. The van der Waals surface area contributed by atoms with Gasteiger partial charge in [0, 0.05) is 19.7 Å². The third-order valence-electron chi connectivity index (χ3n) is 5.44. The lowest BCUT2D eigenvalue weighted by Crippen LogP contribution is -2.37. The topological polar surface area (TPSA) is 143 Å². The molecule has 1 aromatic carbocycles. The molecule has 0 saturated carbocycles. The monoisotopic (exact) mass is 526 g/mol. The lowest BCUT2D eigenvalue weighted by Gasteiger charge is -2.07. The van der Waals surface area contributed by atoms with Crippen molar-refractivity contribution in [3.63, 3.8) is 0 Å². The highest BCUT2D eigenvalue weighted by molar-refractivity contribution is 6.33. The first-order valence-electron chi connectivity index (χ1n) is 11.2. The number of carbonyl (C=O) groups excluding carboxylic acids is 2. The van der Waals surface area contributed by atoms with E-state index in [1.807, 2.05) is 6.92 Å². The number of hydrazone groups is 1. The number of halogens is 1. The minimum atomic E-state index is -0.547. The summed E-state index contributed by atoms with van der Waals surface area (Å²) in [7, 11) is 2.85. The van der Waals surface area contributed by atoms with Crippen LogP contribution in [0.1, 0.15) is 29.5 Å². The van der Waals surface area contributed by atoms with Crippen LogP contribution in [0.4, 0.5) is 0 Å². The third-order valence-corrected chi connectivity index (χ3v) is 5.77. The standard InChI is InChI=1S/C24H23ClN6O6/c1-4-9-36-23(34)16-10-14(5-7-17(16)25)18-8-6-15(37-18)11-27-28-19(32)12-31-13-26-20-21(31)29(2)24(35)30(3)22(20)33/h5-8,10-11,13H,4,9,12H2,1-3H3,(H,28,32)/b27-11-. The molecule has 3 aromatic heterocycles. The van der Waals surface area contributed by atoms with Crippen LogP contribution in [-0.2, 0) is 30.2 Å². The molecule has 1 amide bonds. The Bertz CT molecular complexity index is 1640. The number of aryl methyl sites for hydroxylation is 1. The summed E-state index contributed by atoms with van der Waals surface area (Å²) in [6.45, 7) is 1.96. The average molecular weight is 527 g/mol. The zero-order chi connectivity index (χ0) is 26.7. The van der Waals surface area contributed by atoms with Crippen LogP contribution in [0.2, 0.25) is 5.02 Å². The van der Waals surface area contributed by atoms with E-state index in [2.05, 4.69) is 15.5 Å². The van der Waals surface area contributed by atoms with Crippen molar-refractivity contribution in [3.8, 4) is 11.3 Å². The van der Waals surface area contributed by atoms with Gasteiger partial charge >= 0.3 is 11.7 Å². The highest BCUT2D eigenvalue weighted by Gasteiger charge is 2.16. The van der Waals surface area contributed by atoms with E-state index in [1.165, 1.54) is 35.8 Å². The lowest BCUT2D eigenvalue weighted by atomic mass is 10.1. The van der Waals surface area contributed by atoms with E-state index in [1.54, 1.807) is 30.3 Å². The molecule has 0 aliphatic rings. The fourth-order valence-electron chi connectivity index (χ4n) is 3.60. The van der Waals surface area contributed by atoms with E-state index in [-0.39, 0.29) is 28.3 Å². The van der Waals surface area contributed by atoms with Crippen molar-refractivity contribution in [2.24, 2.45) is 19.2 Å². The maximum absolute atomic E-state index is 12.4. The Morgan fingerprint density at radius 1 is 1.19 bits per heavy atom. The summed E-state index contributed by atoms with van der Waals surface area (Å²) in [5.41, 5.74) is 2.43. The minimum Gasteiger partial charge on any atom is -0.462 e. The first-order chi connectivity index (χ1) is 17.7. The molecule has 1 N–H and O–H groups in total. The molecule has 4 rings (SSSR count). The van der Waals surface area contributed by atoms with Crippen molar-refractivity contribution in [2.75, 3.05) is 6.61 Å². The van der Waals surface area contributed by atoms with Crippen molar-refractivity contribution < 1.29 is 18.7 Å². The summed E-state index contributed by atoms with van der Waals surface area (Å²) < 4.78 is 14.5. The molecule has 0 aliphatic heterocycles. The molecule has 0 fully saturated rings. The fourth-order valence-corrected chi connectivity index (χ4v) is 3.79. The van der Waals surface area contributed by atoms with E-state index >= 15 is 0 Å². The number of rotatable bonds is 8. The summed E-state index contributed by atoms with van der Waals surface area (Å²) in [5.74, 6) is -0.222. The zero-order valence-corrected chi connectivity index (χ0v) is 21.0. The van der Waals surface area contributed by atoms with Gasteiger partial charge in [-0.3, -0.25) is 18.7 Å². The van der Waals surface area contributed by atoms with Crippen LogP contribution < -0.4 is 16.7 Å². The molecule has 13 heteroatoms. The van der Waals surface area contributed by atoms with Crippen LogP contribution in [0.15, 0.2) is 55.8 Å². The molecule has 37 heavy (non-hydrogen) atoms. The van der Waals surface area contributed by atoms with E-state index in [9.17, 15) is 19.2 Å². The number of amides is 1. The quantitative estimate of drug-likeness (QED) is 0.210. The molecule has 0 spiro atoms. The number of nitrogens with one attached hydrogen (secondary N) is 1. The second-order valence-electron chi connectivity index (χ2n) is 8.08. The van der Waals surface area contributed by atoms with Gasteiger partial charge in [-0.1, -0.05) is 18.5 Å². The van der Waals surface area contributed by atoms with Crippen LogP contribution in [0, 0.1) is 0 Å². The number of hydrogen-bond acceptors (Lipinski definition) is 8. The van der Waals surface area contributed by atoms with Crippen LogP contribution in [0.3, 0.4) is 0 Å². The number of benzene rings is 1. The highest BCUT2D eigenvalue weighted by Crippen LogP contribution is 2.27. The van der Waals surface area contributed by atoms with Crippen LogP contribution in [0.25, 0.3) is 22.5 Å². The van der Waals surface area contributed by atoms with Crippen molar-refractivity contribution >= 4 is 40.9 Å². The number of carbonyl (C=O) groups is 2. The summed E-state index contributed by atoms with van der Waals surface area (Å²) in [4.78, 5) is 53.1.